The minimum Gasteiger partial charge on any atom is -0.0654 e. The minimum atomic E-state index is 0.917. The Morgan fingerprint density at radius 3 is 2.00 bits per heavy atom. The van der Waals surface area contributed by atoms with Crippen LogP contribution in [0.5, 0.6) is 0 Å². The van der Waals surface area contributed by atoms with Gasteiger partial charge in [0.25, 0.3) is 0 Å². The summed E-state index contributed by atoms with van der Waals surface area (Å²) in [5.41, 5.74) is 0. The number of hydrogen-bond acceptors (Lipinski definition) is 0. The summed E-state index contributed by atoms with van der Waals surface area (Å²) in [7, 11) is 0. The van der Waals surface area contributed by atoms with Gasteiger partial charge in [0.1, 0.15) is 0 Å². The molecule has 0 N–H and O–H groups in total. The second-order valence-corrected chi connectivity index (χ2v) is 3.66. The van der Waals surface area contributed by atoms with Gasteiger partial charge in [0.05, 0.1) is 0 Å². The molecule has 0 aliphatic heterocycles. The highest BCUT2D eigenvalue weighted by molar-refractivity contribution is 4.94. The zero-order valence-corrected chi connectivity index (χ0v) is 9.32. The van der Waals surface area contributed by atoms with Crippen LogP contribution in [0.3, 0.4) is 0 Å². The maximum absolute atomic E-state index is 2.33. The lowest BCUT2D eigenvalue weighted by atomic mass is 9.82. The van der Waals surface area contributed by atoms with E-state index in [1.165, 1.54) is 38.5 Å². The molecule has 0 amide bonds. The van der Waals surface area contributed by atoms with Crippen molar-refractivity contribution in [2.24, 2.45) is 5.92 Å². The lowest BCUT2D eigenvalue weighted by Gasteiger charge is -2.23. The summed E-state index contributed by atoms with van der Waals surface area (Å²) < 4.78 is 0. The van der Waals surface area contributed by atoms with Gasteiger partial charge < -0.3 is 0 Å². The van der Waals surface area contributed by atoms with Gasteiger partial charge >= 0.3 is 0 Å². The summed E-state index contributed by atoms with van der Waals surface area (Å²) in [5.74, 6) is 2.72. The molecule has 73 valence electrons. The smallest absolute Gasteiger partial charge is 0.0213 e. The molecule has 0 heteroatoms. The molecule has 0 aliphatic carbocycles. The molecule has 0 aromatic carbocycles. The maximum Gasteiger partial charge on any atom is -0.0213 e. The van der Waals surface area contributed by atoms with E-state index in [0.29, 0.717) is 0 Å². The first-order chi connectivity index (χ1) is 5.79. The molecular weight excluding hydrogens is 144 g/mol. The van der Waals surface area contributed by atoms with Crippen molar-refractivity contribution in [3.05, 3.63) is 5.92 Å². The normalized spacial score (nSPS) is 13.8. The number of rotatable bonds is 7. The summed E-state index contributed by atoms with van der Waals surface area (Å²) >= 11 is 0. The molecule has 12 heavy (non-hydrogen) atoms. The molecule has 0 fully saturated rings. The van der Waals surface area contributed by atoms with Gasteiger partial charge in [-0.15, -0.1) is 0 Å². The zero-order chi connectivity index (χ0) is 9.40. The van der Waals surface area contributed by atoms with Crippen LogP contribution in [-0.2, 0) is 0 Å². The largest absolute Gasteiger partial charge is 0.0654 e. The average molecular weight is 169 g/mol. The van der Waals surface area contributed by atoms with Crippen molar-refractivity contribution in [2.75, 3.05) is 0 Å². The molecule has 0 aliphatic rings. The lowest BCUT2D eigenvalue weighted by molar-refractivity contribution is 0.435. The third kappa shape index (κ3) is 4.13. The third-order valence-electron chi connectivity index (χ3n) is 2.73. The molecule has 0 bridgehead atoms. The Morgan fingerprint density at radius 1 is 1.00 bits per heavy atom. The van der Waals surface area contributed by atoms with E-state index in [1.54, 1.807) is 0 Å². The minimum absolute atomic E-state index is 0.917. The molecule has 0 rings (SSSR count). The fourth-order valence-corrected chi connectivity index (χ4v) is 2.04. The fraction of sp³-hybridized carbons (Fsp3) is 0.917. The highest BCUT2D eigenvalue weighted by atomic mass is 14.2. The highest BCUT2D eigenvalue weighted by Gasteiger charge is 2.16. The van der Waals surface area contributed by atoms with Crippen molar-refractivity contribution in [1.29, 1.82) is 0 Å². The summed E-state index contributed by atoms with van der Waals surface area (Å²) in [6.45, 7) is 9.21. The van der Waals surface area contributed by atoms with E-state index < -0.39 is 0 Å². The Kier molecular flexibility index (Phi) is 7.64. The van der Waals surface area contributed by atoms with Crippen LogP contribution in [0.15, 0.2) is 0 Å². The van der Waals surface area contributed by atoms with Crippen molar-refractivity contribution in [3.63, 3.8) is 0 Å². The molecule has 0 saturated heterocycles. The first-order valence-corrected chi connectivity index (χ1v) is 5.64. The van der Waals surface area contributed by atoms with Gasteiger partial charge in [0.15, 0.2) is 0 Å². The van der Waals surface area contributed by atoms with Gasteiger partial charge in [0.2, 0.25) is 0 Å². The van der Waals surface area contributed by atoms with Crippen LogP contribution in [0, 0.1) is 11.8 Å². The Labute approximate surface area is 78.8 Å². The van der Waals surface area contributed by atoms with Crippen LogP contribution in [0.1, 0.15) is 66.2 Å². The third-order valence-corrected chi connectivity index (χ3v) is 2.73. The van der Waals surface area contributed by atoms with E-state index in [9.17, 15) is 0 Å². The van der Waals surface area contributed by atoms with E-state index in [4.69, 9.17) is 0 Å². The first kappa shape index (κ1) is 12.0. The van der Waals surface area contributed by atoms with Crippen molar-refractivity contribution >= 4 is 0 Å². The van der Waals surface area contributed by atoms with Crippen molar-refractivity contribution in [2.45, 2.75) is 66.2 Å². The van der Waals surface area contributed by atoms with E-state index in [0.717, 1.165) is 5.92 Å². The second-order valence-electron chi connectivity index (χ2n) is 3.66. The Morgan fingerprint density at radius 2 is 1.67 bits per heavy atom. The molecule has 1 unspecified atom stereocenters. The fourth-order valence-electron chi connectivity index (χ4n) is 2.04. The molecule has 0 aromatic heterocycles. The van der Waals surface area contributed by atoms with Crippen LogP contribution >= 0.6 is 0 Å². The van der Waals surface area contributed by atoms with Gasteiger partial charge in [-0.2, -0.15) is 0 Å². The van der Waals surface area contributed by atoms with E-state index in [-0.39, 0.29) is 0 Å². The Bertz CT molecular complexity index is 74.0. The summed E-state index contributed by atoms with van der Waals surface area (Å²) in [6.07, 6.45) is 8.06. The van der Waals surface area contributed by atoms with Gasteiger partial charge in [-0.25, -0.2) is 0 Å². The van der Waals surface area contributed by atoms with Crippen molar-refractivity contribution in [3.8, 4) is 0 Å². The van der Waals surface area contributed by atoms with E-state index in [1.807, 2.05) is 5.92 Å². The van der Waals surface area contributed by atoms with Crippen molar-refractivity contribution in [1.82, 2.24) is 0 Å². The van der Waals surface area contributed by atoms with Gasteiger partial charge in [0, 0.05) is 0 Å². The first-order valence-electron chi connectivity index (χ1n) is 5.64. The molecule has 1 radical (unpaired) electrons. The highest BCUT2D eigenvalue weighted by Crippen LogP contribution is 2.29. The van der Waals surface area contributed by atoms with E-state index >= 15 is 0 Å². The molecule has 0 saturated carbocycles. The van der Waals surface area contributed by atoms with Gasteiger partial charge in [-0.05, 0) is 24.7 Å². The Hall–Kier alpha value is 0. The zero-order valence-electron chi connectivity index (χ0n) is 9.32. The molecule has 0 heterocycles. The monoisotopic (exact) mass is 169 g/mol. The summed E-state index contributed by atoms with van der Waals surface area (Å²) in [6, 6.07) is 0. The number of hydrogen-bond donors (Lipinski definition) is 0. The van der Waals surface area contributed by atoms with Crippen LogP contribution in [0.2, 0.25) is 0 Å². The quantitative estimate of drug-likeness (QED) is 0.522. The lowest BCUT2D eigenvalue weighted by Crippen LogP contribution is -2.10. The summed E-state index contributed by atoms with van der Waals surface area (Å²) in [5, 5.41) is 0. The standard InChI is InChI=1S/C12H25/c1-5-9-11(7-3)12(8-4)10-6-2/h11H,5-10H2,1-4H3. The molecule has 0 aromatic rings. The van der Waals surface area contributed by atoms with E-state index in [2.05, 4.69) is 27.7 Å². The maximum atomic E-state index is 2.33. The summed E-state index contributed by atoms with van der Waals surface area (Å²) in [4.78, 5) is 0. The molecule has 0 spiro atoms. The molecular formula is C12H25. The van der Waals surface area contributed by atoms with Gasteiger partial charge in [-0.3, -0.25) is 0 Å². The predicted octanol–water partition coefficient (Wildman–Crippen LogP) is 4.60. The van der Waals surface area contributed by atoms with Crippen molar-refractivity contribution < 1.29 is 0 Å². The second kappa shape index (κ2) is 7.64. The Balaban J connectivity index is 3.84. The van der Waals surface area contributed by atoms with Gasteiger partial charge in [-0.1, -0.05) is 53.4 Å². The SMILES string of the molecule is CCC[C](CC)C(CC)CCC. The molecule has 1 atom stereocenters. The van der Waals surface area contributed by atoms with Crippen LogP contribution in [-0.4, -0.2) is 0 Å². The van der Waals surface area contributed by atoms with Crippen LogP contribution < -0.4 is 0 Å². The molecule has 0 nitrogen and oxygen atoms in total. The van der Waals surface area contributed by atoms with Crippen LogP contribution in [0.4, 0.5) is 0 Å². The van der Waals surface area contributed by atoms with Crippen LogP contribution in [0.25, 0.3) is 0 Å². The topological polar surface area (TPSA) is 0 Å². The average Bonchev–Trinajstić information content (AvgIpc) is 2.11. The predicted molar refractivity (Wildman–Crippen MR) is 57.1 cm³/mol.